The Labute approximate surface area is 188 Å². The number of carbonyl (C=O) groups is 1. The lowest BCUT2D eigenvalue weighted by Crippen LogP contribution is -1.98. The van der Waals surface area contributed by atoms with Crippen LogP contribution in [0.15, 0.2) is 67.0 Å². The van der Waals surface area contributed by atoms with Crippen molar-refractivity contribution in [2.75, 3.05) is 13.7 Å². The highest BCUT2D eigenvalue weighted by Gasteiger charge is 2.12. The lowest BCUT2D eigenvalue weighted by atomic mass is 9.95. The number of hydrogen-bond donors (Lipinski definition) is 2. The number of hydrogen-bond acceptors (Lipinski definition) is 5. The van der Waals surface area contributed by atoms with Crippen LogP contribution in [-0.4, -0.2) is 39.7 Å². The van der Waals surface area contributed by atoms with Crippen LogP contribution in [0, 0.1) is 6.92 Å². The Bertz CT molecular complexity index is 1220. The summed E-state index contributed by atoms with van der Waals surface area (Å²) in [4.78, 5) is 21.1. The molecular formula is C27H28N2O3. The monoisotopic (exact) mass is 428 g/mol. The zero-order chi connectivity index (χ0) is 23.1. The Kier molecular flexibility index (Phi) is 7.82. The molecule has 4 rings (SSSR count). The first-order valence-corrected chi connectivity index (χ1v) is 10.6. The predicted molar refractivity (Wildman–Crippen MR) is 129 cm³/mol. The van der Waals surface area contributed by atoms with E-state index in [1.54, 1.807) is 19.3 Å². The summed E-state index contributed by atoms with van der Waals surface area (Å²) in [5.41, 5.74) is 7.89. The molecule has 0 bridgehead atoms. The number of carbonyl (C=O) groups excluding carboxylic acids is 1. The Morgan fingerprint density at radius 3 is 2.34 bits per heavy atom. The Hall–Kier alpha value is -3.41. The van der Waals surface area contributed by atoms with Gasteiger partial charge in [-0.1, -0.05) is 36.4 Å². The zero-order valence-corrected chi connectivity index (χ0v) is 18.7. The van der Waals surface area contributed by atoms with Gasteiger partial charge in [-0.05, 0) is 67.1 Å². The van der Waals surface area contributed by atoms with Crippen molar-refractivity contribution in [2.45, 2.75) is 26.7 Å². The van der Waals surface area contributed by atoms with E-state index in [0.29, 0.717) is 5.56 Å². The largest absolute Gasteiger partial charge is 0.400 e. The highest BCUT2D eigenvalue weighted by Crippen LogP contribution is 2.30. The summed E-state index contributed by atoms with van der Waals surface area (Å²) in [6.07, 6.45) is 5.06. The SMILES string of the molecule is CC(=O)c1cc(-c2ccc(-c3ccc(CCCO)cc3)c(C)c2)nc2ccncc12.CO. The van der Waals surface area contributed by atoms with Crippen LogP contribution >= 0.6 is 0 Å². The van der Waals surface area contributed by atoms with Gasteiger partial charge in [0.25, 0.3) is 0 Å². The van der Waals surface area contributed by atoms with Crippen LogP contribution in [0.4, 0.5) is 0 Å². The summed E-state index contributed by atoms with van der Waals surface area (Å²) in [6, 6.07) is 18.5. The fourth-order valence-corrected chi connectivity index (χ4v) is 3.79. The lowest BCUT2D eigenvalue weighted by molar-refractivity contribution is 0.101. The van der Waals surface area contributed by atoms with Gasteiger partial charge in [-0.25, -0.2) is 4.98 Å². The maximum absolute atomic E-state index is 12.2. The average Bonchev–Trinajstić information content (AvgIpc) is 2.83. The number of fused-ring (bicyclic) bond motifs is 1. The number of benzene rings is 2. The molecule has 2 heterocycles. The van der Waals surface area contributed by atoms with Gasteiger partial charge in [-0.3, -0.25) is 9.78 Å². The van der Waals surface area contributed by atoms with Crippen molar-refractivity contribution in [1.29, 1.82) is 0 Å². The van der Waals surface area contributed by atoms with E-state index in [4.69, 9.17) is 15.2 Å². The topological polar surface area (TPSA) is 83.3 Å². The van der Waals surface area contributed by atoms with Crippen molar-refractivity contribution in [3.05, 3.63) is 83.7 Å². The van der Waals surface area contributed by atoms with Crippen LogP contribution in [0.3, 0.4) is 0 Å². The van der Waals surface area contributed by atoms with Crippen LogP contribution in [-0.2, 0) is 6.42 Å². The molecule has 0 aliphatic carbocycles. The lowest BCUT2D eigenvalue weighted by Gasteiger charge is -2.11. The zero-order valence-electron chi connectivity index (χ0n) is 18.7. The Balaban J connectivity index is 0.00000141. The smallest absolute Gasteiger partial charge is 0.160 e. The Morgan fingerprint density at radius 1 is 0.969 bits per heavy atom. The van der Waals surface area contributed by atoms with Crippen molar-refractivity contribution in [2.24, 2.45) is 0 Å². The minimum absolute atomic E-state index is 0.00581. The van der Waals surface area contributed by atoms with E-state index >= 15 is 0 Å². The van der Waals surface area contributed by atoms with Crippen LogP contribution in [0.1, 0.15) is 34.8 Å². The van der Waals surface area contributed by atoms with Gasteiger partial charge in [0.05, 0.1) is 11.2 Å². The standard InChI is InChI=1S/C26H24N2O2.CH4O/c1-17-14-21(9-10-22(17)20-7-5-19(6-8-20)4-3-13-29)26-15-23(18(2)30)24-16-27-12-11-25(24)28-26;1-2/h5-12,14-16,29H,3-4,13H2,1-2H3;2H,1H3. The number of aryl methyl sites for hydroxylation is 2. The number of Topliss-reactive ketones (excluding diaryl/α,β-unsaturated/α-hetero) is 1. The maximum atomic E-state index is 12.2. The summed E-state index contributed by atoms with van der Waals surface area (Å²) in [5.74, 6) is 0.00581. The minimum Gasteiger partial charge on any atom is -0.400 e. The summed E-state index contributed by atoms with van der Waals surface area (Å²) in [5, 5.41) is 16.8. The number of ketones is 1. The van der Waals surface area contributed by atoms with Gasteiger partial charge < -0.3 is 10.2 Å². The number of aliphatic hydroxyl groups is 2. The van der Waals surface area contributed by atoms with Gasteiger partial charge >= 0.3 is 0 Å². The molecule has 0 fully saturated rings. The molecule has 32 heavy (non-hydrogen) atoms. The molecule has 0 saturated heterocycles. The van der Waals surface area contributed by atoms with E-state index in [9.17, 15) is 4.79 Å². The quantitative estimate of drug-likeness (QED) is 0.422. The molecule has 0 unspecified atom stereocenters. The van der Waals surface area contributed by atoms with Crippen LogP contribution < -0.4 is 0 Å². The van der Waals surface area contributed by atoms with Crippen molar-refractivity contribution in [1.82, 2.24) is 9.97 Å². The average molecular weight is 429 g/mol. The van der Waals surface area contributed by atoms with Gasteiger partial charge in [0, 0.05) is 42.6 Å². The predicted octanol–water partition coefficient (Wildman–Crippen LogP) is 5.01. The van der Waals surface area contributed by atoms with Crippen molar-refractivity contribution >= 4 is 16.7 Å². The molecule has 0 saturated carbocycles. The first-order chi connectivity index (χ1) is 15.6. The normalized spacial score (nSPS) is 10.5. The van der Waals surface area contributed by atoms with Crippen molar-refractivity contribution < 1.29 is 15.0 Å². The second-order valence-electron chi connectivity index (χ2n) is 7.56. The first kappa shape index (κ1) is 23.3. The van der Waals surface area contributed by atoms with E-state index < -0.39 is 0 Å². The second-order valence-corrected chi connectivity index (χ2v) is 7.56. The molecule has 0 amide bonds. The highest BCUT2D eigenvalue weighted by molar-refractivity contribution is 6.06. The van der Waals surface area contributed by atoms with Gasteiger partial charge in [-0.15, -0.1) is 0 Å². The van der Waals surface area contributed by atoms with Gasteiger partial charge in [-0.2, -0.15) is 0 Å². The molecule has 0 aliphatic rings. The summed E-state index contributed by atoms with van der Waals surface area (Å²) in [6.45, 7) is 3.88. The van der Waals surface area contributed by atoms with E-state index in [0.717, 1.165) is 53.2 Å². The second kappa shape index (κ2) is 10.8. The molecule has 2 aromatic heterocycles. The molecule has 5 nitrogen and oxygen atoms in total. The molecule has 2 N–H and O–H groups in total. The van der Waals surface area contributed by atoms with Crippen molar-refractivity contribution in [3.63, 3.8) is 0 Å². The van der Waals surface area contributed by atoms with Crippen LogP contribution in [0.5, 0.6) is 0 Å². The number of pyridine rings is 2. The maximum Gasteiger partial charge on any atom is 0.160 e. The summed E-state index contributed by atoms with van der Waals surface area (Å²) in [7, 11) is 1.00. The molecule has 0 aliphatic heterocycles. The fourth-order valence-electron chi connectivity index (χ4n) is 3.79. The van der Waals surface area contributed by atoms with E-state index in [-0.39, 0.29) is 12.4 Å². The van der Waals surface area contributed by atoms with E-state index in [1.807, 2.05) is 12.1 Å². The molecule has 0 radical (unpaired) electrons. The third-order valence-electron chi connectivity index (χ3n) is 5.40. The molecule has 5 heteroatoms. The number of rotatable bonds is 6. The molecular weight excluding hydrogens is 400 g/mol. The van der Waals surface area contributed by atoms with Crippen LogP contribution in [0.25, 0.3) is 33.3 Å². The number of nitrogens with zero attached hydrogens (tertiary/aromatic N) is 2. The Morgan fingerprint density at radius 2 is 1.69 bits per heavy atom. The molecule has 164 valence electrons. The number of aromatic nitrogens is 2. The van der Waals surface area contributed by atoms with Gasteiger partial charge in [0.1, 0.15) is 0 Å². The van der Waals surface area contributed by atoms with E-state index in [2.05, 4.69) is 54.4 Å². The van der Waals surface area contributed by atoms with E-state index in [1.165, 1.54) is 11.1 Å². The molecule has 2 aromatic carbocycles. The molecule has 4 aromatic rings. The third-order valence-corrected chi connectivity index (χ3v) is 5.40. The van der Waals surface area contributed by atoms with Gasteiger partial charge in [0.2, 0.25) is 0 Å². The van der Waals surface area contributed by atoms with Crippen LogP contribution in [0.2, 0.25) is 0 Å². The first-order valence-electron chi connectivity index (χ1n) is 10.6. The molecule has 0 atom stereocenters. The fraction of sp³-hybridized carbons (Fsp3) is 0.222. The highest BCUT2D eigenvalue weighted by atomic mass is 16.3. The minimum atomic E-state index is 0.00581. The molecule has 0 spiro atoms. The van der Waals surface area contributed by atoms with Crippen molar-refractivity contribution in [3.8, 4) is 22.4 Å². The third kappa shape index (κ3) is 5.07. The summed E-state index contributed by atoms with van der Waals surface area (Å²) >= 11 is 0. The van der Waals surface area contributed by atoms with Gasteiger partial charge in [0.15, 0.2) is 5.78 Å². The summed E-state index contributed by atoms with van der Waals surface area (Å²) < 4.78 is 0. The number of aliphatic hydroxyl groups excluding tert-OH is 2.